The van der Waals surface area contributed by atoms with Crippen molar-refractivity contribution in [1.82, 2.24) is 10.2 Å². The Labute approximate surface area is 140 Å². The van der Waals surface area contributed by atoms with Gasteiger partial charge in [-0.1, -0.05) is 53.4 Å². The van der Waals surface area contributed by atoms with Crippen molar-refractivity contribution in [3.8, 4) is 11.5 Å². The van der Waals surface area contributed by atoms with Crippen molar-refractivity contribution in [1.29, 1.82) is 0 Å². The lowest BCUT2D eigenvalue weighted by Gasteiger charge is -2.20. The molecule has 0 N–H and O–H groups in total. The average molecular weight is 361 g/mol. The molecule has 4 nitrogen and oxygen atoms in total. The van der Waals surface area contributed by atoms with E-state index in [1.54, 1.807) is 34.9 Å². The molecule has 1 aromatic heterocycles. The summed E-state index contributed by atoms with van der Waals surface area (Å²) in [5.41, 5.74) is 1.09. The van der Waals surface area contributed by atoms with Crippen LogP contribution in [-0.2, 0) is 5.75 Å². The van der Waals surface area contributed by atoms with Gasteiger partial charge in [0.1, 0.15) is 13.2 Å². The highest BCUT2D eigenvalue weighted by Crippen LogP contribution is 2.40. The summed E-state index contributed by atoms with van der Waals surface area (Å²) in [5, 5.41) is 8.93. The quantitative estimate of drug-likeness (QED) is 0.738. The highest BCUT2D eigenvalue weighted by atomic mass is 35.5. The minimum Gasteiger partial charge on any atom is -0.486 e. The van der Waals surface area contributed by atoms with Crippen molar-refractivity contribution in [2.75, 3.05) is 19.0 Å². The molecule has 112 valence electrons. The van der Waals surface area contributed by atoms with Gasteiger partial charge in [0.15, 0.2) is 20.2 Å². The van der Waals surface area contributed by atoms with E-state index in [0.29, 0.717) is 24.0 Å². The predicted molar refractivity (Wildman–Crippen MR) is 88.3 cm³/mol. The minimum absolute atomic E-state index is 0.545. The highest BCUT2D eigenvalue weighted by Gasteiger charge is 2.17. The molecule has 1 aliphatic heterocycles. The molecule has 0 radical (unpaired) electrons. The molecule has 21 heavy (non-hydrogen) atoms. The van der Waals surface area contributed by atoms with E-state index in [9.17, 15) is 0 Å². The third-order valence-corrected chi connectivity index (χ3v) is 6.10. The lowest BCUT2D eigenvalue weighted by molar-refractivity contribution is 0.171. The molecule has 0 amide bonds. The Morgan fingerprint density at radius 2 is 1.95 bits per heavy atom. The second-order valence-electron chi connectivity index (χ2n) is 4.16. The number of nitrogens with zero attached hydrogens (tertiary/aromatic N) is 2. The van der Waals surface area contributed by atoms with E-state index in [1.807, 2.05) is 12.1 Å². The molecule has 0 aliphatic carbocycles. The Bertz CT molecular complexity index is 636. The molecular weight excluding hydrogens is 348 g/mol. The number of thioether (sulfide) groups is 2. The van der Waals surface area contributed by atoms with Crippen LogP contribution in [0.2, 0.25) is 5.02 Å². The maximum absolute atomic E-state index is 6.23. The lowest BCUT2D eigenvalue weighted by atomic mass is 10.2. The van der Waals surface area contributed by atoms with E-state index in [2.05, 4.69) is 17.1 Å². The van der Waals surface area contributed by atoms with Crippen molar-refractivity contribution in [2.45, 2.75) is 21.4 Å². The van der Waals surface area contributed by atoms with Crippen molar-refractivity contribution >= 4 is 46.5 Å². The molecular formula is C13H13ClN2O2S3. The first kappa shape index (κ1) is 15.3. The zero-order valence-corrected chi connectivity index (χ0v) is 14.5. The van der Waals surface area contributed by atoms with Crippen molar-refractivity contribution in [2.24, 2.45) is 0 Å². The van der Waals surface area contributed by atoms with Crippen LogP contribution in [0.5, 0.6) is 11.5 Å². The van der Waals surface area contributed by atoms with E-state index < -0.39 is 0 Å². The fourth-order valence-corrected chi connectivity index (χ4v) is 4.96. The molecule has 2 heterocycles. The summed E-state index contributed by atoms with van der Waals surface area (Å²) in [5.74, 6) is 3.16. The van der Waals surface area contributed by atoms with Gasteiger partial charge in [-0.15, -0.1) is 10.2 Å². The van der Waals surface area contributed by atoms with Gasteiger partial charge < -0.3 is 9.47 Å². The maximum Gasteiger partial charge on any atom is 0.179 e. The zero-order chi connectivity index (χ0) is 14.7. The third-order valence-electron chi connectivity index (χ3n) is 2.67. The molecule has 1 aliphatic rings. The number of rotatable bonds is 5. The van der Waals surface area contributed by atoms with E-state index in [-0.39, 0.29) is 0 Å². The number of hydrogen-bond acceptors (Lipinski definition) is 7. The van der Waals surface area contributed by atoms with Gasteiger partial charge >= 0.3 is 0 Å². The Morgan fingerprint density at radius 1 is 1.19 bits per heavy atom. The average Bonchev–Trinajstić information content (AvgIpc) is 2.93. The number of benzene rings is 1. The predicted octanol–water partition coefficient (Wildman–Crippen LogP) is 4.37. The van der Waals surface area contributed by atoms with Gasteiger partial charge in [-0.2, -0.15) is 0 Å². The Morgan fingerprint density at radius 3 is 2.76 bits per heavy atom. The molecule has 1 aromatic carbocycles. The summed E-state index contributed by atoms with van der Waals surface area (Å²) in [6, 6.07) is 3.90. The fourth-order valence-electron chi connectivity index (χ4n) is 1.83. The van der Waals surface area contributed by atoms with Gasteiger partial charge in [0.05, 0.1) is 5.02 Å². The van der Waals surface area contributed by atoms with E-state index >= 15 is 0 Å². The third kappa shape index (κ3) is 3.77. The van der Waals surface area contributed by atoms with E-state index in [4.69, 9.17) is 21.1 Å². The minimum atomic E-state index is 0.545. The smallest absolute Gasteiger partial charge is 0.179 e. The maximum atomic E-state index is 6.23. The second-order valence-corrected chi connectivity index (χ2v) is 8.28. The molecule has 0 saturated heterocycles. The first-order valence-corrected chi connectivity index (χ1v) is 9.60. The summed E-state index contributed by atoms with van der Waals surface area (Å²) in [4.78, 5) is 0. The molecule has 0 atom stereocenters. The van der Waals surface area contributed by atoms with E-state index in [0.717, 1.165) is 31.5 Å². The molecule has 0 spiro atoms. The van der Waals surface area contributed by atoms with Crippen LogP contribution in [0.15, 0.2) is 20.8 Å². The van der Waals surface area contributed by atoms with Crippen LogP contribution in [-0.4, -0.2) is 29.2 Å². The lowest BCUT2D eigenvalue weighted by Crippen LogP contribution is -2.15. The summed E-state index contributed by atoms with van der Waals surface area (Å²) in [7, 11) is 0. The SMILES string of the molecule is CCSc1nnc(SCc2cc(Cl)c3c(c2)OCCO3)s1. The van der Waals surface area contributed by atoms with Crippen LogP contribution in [0.25, 0.3) is 0 Å². The first-order chi connectivity index (χ1) is 10.3. The fraction of sp³-hybridized carbons (Fsp3) is 0.385. The van der Waals surface area contributed by atoms with Crippen LogP contribution >= 0.6 is 46.5 Å². The van der Waals surface area contributed by atoms with Crippen molar-refractivity contribution in [3.63, 3.8) is 0 Å². The molecule has 0 saturated carbocycles. The molecule has 0 unspecified atom stereocenters. The van der Waals surface area contributed by atoms with Gasteiger partial charge in [0, 0.05) is 5.75 Å². The van der Waals surface area contributed by atoms with Crippen LogP contribution < -0.4 is 9.47 Å². The van der Waals surface area contributed by atoms with Gasteiger partial charge in [-0.25, -0.2) is 0 Å². The van der Waals surface area contributed by atoms with Gasteiger partial charge in [0.2, 0.25) is 0 Å². The summed E-state index contributed by atoms with van der Waals surface area (Å²) in [6.07, 6.45) is 0. The number of aromatic nitrogens is 2. The number of fused-ring (bicyclic) bond motifs is 1. The van der Waals surface area contributed by atoms with Crippen LogP contribution in [0.4, 0.5) is 0 Å². The molecule has 0 fully saturated rings. The van der Waals surface area contributed by atoms with Crippen LogP contribution in [0.3, 0.4) is 0 Å². The Hall–Kier alpha value is -0.630. The van der Waals surface area contributed by atoms with E-state index in [1.165, 1.54) is 0 Å². The van der Waals surface area contributed by atoms with Crippen molar-refractivity contribution in [3.05, 3.63) is 22.7 Å². The molecule has 0 bridgehead atoms. The molecule has 8 heteroatoms. The number of halogens is 1. The normalized spacial score (nSPS) is 13.4. The Balaban J connectivity index is 1.68. The Kier molecular flexibility index (Phi) is 5.15. The summed E-state index contributed by atoms with van der Waals surface area (Å²) >= 11 is 11.2. The van der Waals surface area contributed by atoms with Gasteiger partial charge in [-0.3, -0.25) is 0 Å². The molecule has 3 rings (SSSR count). The van der Waals surface area contributed by atoms with Crippen LogP contribution in [0, 0.1) is 0 Å². The largest absolute Gasteiger partial charge is 0.486 e. The standard InChI is InChI=1S/C13H13ClN2O2S3/c1-2-19-12-15-16-13(21-12)20-7-8-5-9(14)11-10(6-8)17-3-4-18-11/h5-6H,2-4,7H2,1H3. The number of ether oxygens (including phenoxy) is 2. The zero-order valence-electron chi connectivity index (χ0n) is 11.3. The summed E-state index contributed by atoms with van der Waals surface area (Å²) in [6.45, 7) is 3.22. The number of hydrogen-bond donors (Lipinski definition) is 0. The second kappa shape index (κ2) is 7.09. The highest BCUT2D eigenvalue weighted by molar-refractivity contribution is 8.02. The summed E-state index contributed by atoms with van der Waals surface area (Å²) < 4.78 is 13.1. The topological polar surface area (TPSA) is 44.2 Å². The first-order valence-electron chi connectivity index (χ1n) is 6.43. The van der Waals surface area contributed by atoms with Gasteiger partial charge in [-0.05, 0) is 23.4 Å². The van der Waals surface area contributed by atoms with Crippen LogP contribution in [0.1, 0.15) is 12.5 Å². The van der Waals surface area contributed by atoms with Crippen molar-refractivity contribution < 1.29 is 9.47 Å². The molecule has 2 aromatic rings. The van der Waals surface area contributed by atoms with Gasteiger partial charge in [0.25, 0.3) is 0 Å². The monoisotopic (exact) mass is 360 g/mol.